The number of carbonyl (C=O) groups is 2. The van der Waals surface area contributed by atoms with Crippen molar-refractivity contribution in [2.24, 2.45) is 13.0 Å². The highest BCUT2D eigenvalue weighted by Gasteiger charge is 2.29. The van der Waals surface area contributed by atoms with Crippen molar-refractivity contribution >= 4 is 28.5 Å². The zero-order valence-electron chi connectivity index (χ0n) is 24.0. The van der Waals surface area contributed by atoms with E-state index >= 15 is 4.39 Å². The van der Waals surface area contributed by atoms with E-state index < -0.39 is 0 Å². The number of methoxy groups -OCH3 is 1. The van der Waals surface area contributed by atoms with Crippen LogP contribution in [0.2, 0.25) is 0 Å². The number of pyridine rings is 2. The lowest BCUT2D eigenvalue weighted by Crippen LogP contribution is -2.41. The van der Waals surface area contributed by atoms with Crippen LogP contribution in [-0.2, 0) is 11.8 Å². The van der Waals surface area contributed by atoms with E-state index in [1.165, 1.54) is 13.2 Å². The van der Waals surface area contributed by atoms with Crippen molar-refractivity contribution in [1.29, 1.82) is 0 Å². The van der Waals surface area contributed by atoms with Crippen molar-refractivity contribution in [3.05, 3.63) is 65.4 Å². The number of carbonyl (C=O) groups excluding carboxylic acids is 2. The van der Waals surface area contributed by atoms with Gasteiger partial charge >= 0.3 is 0 Å². The first-order valence-electron chi connectivity index (χ1n) is 13.9. The van der Waals surface area contributed by atoms with Gasteiger partial charge in [-0.2, -0.15) is 5.10 Å². The molecule has 1 aliphatic rings. The van der Waals surface area contributed by atoms with E-state index in [0.717, 1.165) is 35.0 Å². The van der Waals surface area contributed by atoms with Crippen LogP contribution in [0.15, 0.2) is 42.7 Å². The molecule has 5 rings (SSSR count). The van der Waals surface area contributed by atoms with E-state index in [-0.39, 0.29) is 41.4 Å². The quantitative estimate of drug-likeness (QED) is 0.308. The molecule has 0 unspecified atom stereocenters. The second kappa shape index (κ2) is 11.6. The number of fused-ring (bicyclic) bond motifs is 1. The molecule has 10 heteroatoms. The van der Waals surface area contributed by atoms with Crippen LogP contribution in [0.3, 0.4) is 0 Å². The molecule has 0 spiro atoms. The molecule has 1 fully saturated rings. The Bertz CT molecular complexity index is 1620. The van der Waals surface area contributed by atoms with Crippen LogP contribution in [0, 0.1) is 18.7 Å². The van der Waals surface area contributed by atoms with Gasteiger partial charge < -0.3 is 15.4 Å². The number of nitrogens with zero attached hydrogens (tertiary/aromatic N) is 4. The van der Waals surface area contributed by atoms with Crippen LogP contribution in [0.25, 0.3) is 22.0 Å². The first kappa shape index (κ1) is 28.2. The minimum Gasteiger partial charge on any atom is -0.480 e. The summed E-state index contributed by atoms with van der Waals surface area (Å²) in [6.45, 7) is 6.03. The summed E-state index contributed by atoms with van der Waals surface area (Å²) in [5.41, 5.74) is 4.02. The number of aromatic nitrogens is 4. The topological polar surface area (TPSA) is 111 Å². The third-order valence-corrected chi connectivity index (χ3v) is 7.74. The summed E-state index contributed by atoms with van der Waals surface area (Å²) in [7, 11) is 3.30. The fourth-order valence-electron chi connectivity index (χ4n) is 5.79. The fraction of sp³-hybridized carbons (Fsp3) is 0.387. The number of aryl methyl sites for hydroxylation is 2. The van der Waals surface area contributed by atoms with Crippen molar-refractivity contribution in [1.82, 2.24) is 25.1 Å². The van der Waals surface area contributed by atoms with Gasteiger partial charge in [-0.1, -0.05) is 20.3 Å². The van der Waals surface area contributed by atoms with E-state index in [1.54, 1.807) is 35.3 Å². The monoisotopic (exact) mass is 558 g/mol. The highest BCUT2D eigenvalue weighted by Crippen LogP contribution is 2.34. The zero-order valence-corrected chi connectivity index (χ0v) is 24.0. The van der Waals surface area contributed by atoms with Gasteiger partial charge in [0.25, 0.3) is 5.91 Å². The molecule has 2 amide bonds. The maximum Gasteiger partial charge on any atom is 0.256 e. The van der Waals surface area contributed by atoms with Gasteiger partial charge in [0.15, 0.2) is 5.82 Å². The van der Waals surface area contributed by atoms with Crippen LogP contribution in [0.1, 0.15) is 67.1 Å². The average Bonchev–Trinajstić information content (AvgIpc) is 3.30. The first-order chi connectivity index (χ1) is 19.7. The van der Waals surface area contributed by atoms with Gasteiger partial charge in [-0.15, -0.1) is 0 Å². The molecule has 0 radical (unpaired) electrons. The molecule has 1 aromatic carbocycles. The Labute approximate surface area is 238 Å². The van der Waals surface area contributed by atoms with Gasteiger partial charge in [-0.25, -0.2) is 14.4 Å². The number of ether oxygens (including phenoxy) is 1. The number of halogens is 1. The molecule has 3 heterocycles. The molecule has 214 valence electrons. The predicted octanol–water partition coefficient (Wildman–Crippen LogP) is 5.54. The Balaban J connectivity index is 1.32. The summed E-state index contributed by atoms with van der Waals surface area (Å²) in [6.07, 6.45) is 6.07. The highest BCUT2D eigenvalue weighted by molar-refractivity contribution is 5.97. The van der Waals surface area contributed by atoms with Gasteiger partial charge in [-0.3, -0.25) is 14.3 Å². The minimum atomic E-state index is -0.388. The summed E-state index contributed by atoms with van der Waals surface area (Å²) in [5.74, 6) is -0.263. The van der Waals surface area contributed by atoms with E-state index in [2.05, 4.69) is 39.5 Å². The van der Waals surface area contributed by atoms with Gasteiger partial charge in [0.1, 0.15) is 16.9 Å². The van der Waals surface area contributed by atoms with Gasteiger partial charge in [0, 0.05) is 42.5 Å². The SMILES string of the molecule is COc1ncccc1C(=O)N[C@@H]1CCC[C@H](C(=O)Nc2cc(-c3cc(F)c4nn(C)c(C(C)C)c4c3)c(C)cn2)C1. The molecule has 0 bridgehead atoms. The van der Waals surface area contributed by atoms with Crippen LogP contribution >= 0.6 is 0 Å². The Kier molecular flexibility index (Phi) is 8.01. The predicted molar refractivity (Wildman–Crippen MR) is 155 cm³/mol. The van der Waals surface area contributed by atoms with E-state index in [1.807, 2.05) is 20.0 Å². The molecule has 1 aliphatic carbocycles. The molecular formula is C31H35FN6O3. The standard InChI is InChI=1S/C31H35FN6O3/c1-17(2)28-24-13-20(14-25(32)27(24)37-38(28)4)23-15-26(34-16-18(23)3)36-29(39)19-8-6-9-21(12-19)35-30(40)22-10-7-11-33-31(22)41-5/h7,10-11,13-17,19,21H,6,8-9,12H2,1-5H3,(H,35,40)(H,34,36,39)/t19-,21+/m0/s1. The second-order valence-corrected chi connectivity index (χ2v) is 11.0. The number of amides is 2. The molecule has 9 nitrogen and oxygen atoms in total. The van der Waals surface area contributed by atoms with Crippen molar-refractivity contribution in [2.75, 3.05) is 12.4 Å². The van der Waals surface area contributed by atoms with Crippen molar-refractivity contribution in [2.45, 2.75) is 58.4 Å². The summed E-state index contributed by atoms with van der Waals surface area (Å²) in [6, 6.07) is 8.43. The molecular weight excluding hydrogens is 523 g/mol. The number of hydrogen-bond donors (Lipinski definition) is 2. The Morgan fingerprint density at radius 2 is 1.98 bits per heavy atom. The smallest absolute Gasteiger partial charge is 0.256 e. The van der Waals surface area contributed by atoms with Gasteiger partial charge in [0.05, 0.1) is 7.11 Å². The normalized spacial score (nSPS) is 17.0. The molecule has 0 aliphatic heterocycles. The Morgan fingerprint density at radius 3 is 2.73 bits per heavy atom. The summed E-state index contributed by atoms with van der Waals surface area (Å²) in [4.78, 5) is 34.7. The number of benzene rings is 1. The lowest BCUT2D eigenvalue weighted by atomic mass is 9.85. The zero-order chi connectivity index (χ0) is 29.3. The van der Waals surface area contributed by atoms with Crippen LogP contribution in [0.5, 0.6) is 5.88 Å². The van der Waals surface area contributed by atoms with Crippen molar-refractivity contribution in [3.8, 4) is 17.0 Å². The summed E-state index contributed by atoms with van der Waals surface area (Å²) in [5, 5.41) is 11.2. The largest absolute Gasteiger partial charge is 0.480 e. The second-order valence-electron chi connectivity index (χ2n) is 11.0. The van der Waals surface area contributed by atoms with Crippen molar-refractivity contribution < 1.29 is 18.7 Å². The number of rotatable bonds is 7. The van der Waals surface area contributed by atoms with E-state index in [4.69, 9.17) is 4.74 Å². The first-order valence-corrected chi connectivity index (χ1v) is 13.9. The lowest BCUT2D eigenvalue weighted by Gasteiger charge is -2.29. The maximum absolute atomic E-state index is 15.2. The number of nitrogens with one attached hydrogen (secondary N) is 2. The number of hydrogen-bond acceptors (Lipinski definition) is 6. The lowest BCUT2D eigenvalue weighted by molar-refractivity contribution is -0.121. The molecule has 3 aromatic heterocycles. The van der Waals surface area contributed by atoms with Gasteiger partial charge in [-0.05, 0) is 79.1 Å². The van der Waals surface area contributed by atoms with Gasteiger partial charge in [0.2, 0.25) is 11.8 Å². The van der Waals surface area contributed by atoms with E-state index in [9.17, 15) is 9.59 Å². The average molecular weight is 559 g/mol. The summed E-state index contributed by atoms with van der Waals surface area (Å²) >= 11 is 0. The molecule has 2 N–H and O–H groups in total. The molecule has 2 atom stereocenters. The maximum atomic E-state index is 15.2. The van der Waals surface area contributed by atoms with Crippen molar-refractivity contribution in [3.63, 3.8) is 0 Å². The molecule has 1 saturated carbocycles. The highest BCUT2D eigenvalue weighted by atomic mass is 19.1. The van der Waals surface area contributed by atoms with Crippen LogP contribution < -0.4 is 15.4 Å². The van der Waals surface area contributed by atoms with Crippen LogP contribution in [0.4, 0.5) is 10.2 Å². The molecule has 41 heavy (non-hydrogen) atoms. The minimum absolute atomic E-state index is 0.150. The number of anilines is 1. The molecule has 4 aromatic rings. The Hall–Kier alpha value is -4.34. The molecule has 0 saturated heterocycles. The Morgan fingerprint density at radius 1 is 1.17 bits per heavy atom. The third-order valence-electron chi connectivity index (χ3n) is 7.74. The third kappa shape index (κ3) is 5.77. The summed E-state index contributed by atoms with van der Waals surface area (Å²) < 4.78 is 22.1. The van der Waals surface area contributed by atoms with E-state index in [0.29, 0.717) is 35.3 Å². The fourth-order valence-corrected chi connectivity index (χ4v) is 5.79. The van der Waals surface area contributed by atoms with Crippen LogP contribution in [-0.4, -0.2) is 44.7 Å².